The molecule has 4 rings (SSSR count). The average molecular weight is 385 g/mol. The fourth-order valence-electron chi connectivity index (χ4n) is 2.87. The first kappa shape index (κ1) is 17.9. The molecule has 0 radical (unpaired) electrons. The minimum absolute atomic E-state index is 0.0902. The second-order valence-corrected chi connectivity index (χ2v) is 8.19. The van der Waals surface area contributed by atoms with Crippen molar-refractivity contribution >= 4 is 17.2 Å². The van der Waals surface area contributed by atoms with Crippen LogP contribution in [0.5, 0.6) is 0 Å². The van der Waals surface area contributed by atoms with Gasteiger partial charge in [-0.05, 0) is 37.0 Å². The van der Waals surface area contributed by atoms with Crippen LogP contribution in [0.25, 0.3) is 10.4 Å². The number of hydrogen-bond donors (Lipinski definition) is 1. The maximum Gasteiger partial charge on any atom is 0.262 e. The van der Waals surface area contributed by atoms with Crippen LogP contribution in [0.2, 0.25) is 0 Å². The highest BCUT2D eigenvalue weighted by atomic mass is 32.1. The molecule has 1 unspecified atom stereocenters. The highest BCUT2D eigenvalue weighted by molar-refractivity contribution is 7.17. The molecule has 1 amide bonds. The SMILES string of the molecule is CC(C)C(NC(=O)c1ccc(-c2ccccc2F)s1)c1nc(C2CC2)no1. The van der Waals surface area contributed by atoms with Crippen molar-refractivity contribution in [2.24, 2.45) is 5.92 Å². The van der Waals surface area contributed by atoms with Crippen molar-refractivity contribution in [3.8, 4) is 10.4 Å². The molecule has 0 spiro atoms. The first-order valence-corrected chi connectivity index (χ1v) is 9.83. The summed E-state index contributed by atoms with van der Waals surface area (Å²) in [4.78, 5) is 18.4. The molecule has 1 aliphatic rings. The first-order chi connectivity index (χ1) is 13.0. The maximum absolute atomic E-state index is 14.0. The number of aromatic nitrogens is 2. The van der Waals surface area contributed by atoms with E-state index in [1.165, 1.54) is 17.4 Å². The fourth-order valence-corrected chi connectivity index (χ4v) is 3.81. The van der Waals surface area contributed by atoms with Gasteiger partial charge in [0.15, 0.2) is 5.82 Å². The van der Waals surface area contributed by atoms with Gasteiger partial charge in [0.1, 0.15) is 11.9 Å². The normalized spacial score (nSPS) is 15.1. The quantitative estimate of drug-likeness (QED) is 0.652. The topological polar surface area (TPSA) is 68.0 Å². The van der Waals surface area contributed by atoms with E-state index in [1.54, 1.807) is 30.3 Å². The molecular formula is C20H20FN3O2S. The summed E-state index contributed by atoms with van der Waals surface area (Å²) in [5.41, 5.74) is 0.493. The molecule has 2 aromatic heterocycles. The van der Waals surface area contributed by atoms with Crippen LogP contribution in [0.1, 0.15) is 60.0 Å². The van der Waals surface area contributed by atoms with Crippen LogP contribution in [0.15, 0.2) is 40.9 Å². The highest BCUT2D eigenvalue weighted by Gasteiger charge is 2.32. The molecule has 140 valence electrons. The summed E-state index contributed by atoms with van der Waals surface area (Å²) in [6.07, 6.45) is 2.18. The molecule has 0 aliphatic heterocycles. The monoisotopic (exact) mass is 385 g/mol. The van der Waals surface area contributed by atoms with E-state index in [0.717, 1.165) is 18.7 Å². The zero-order valence-corrected chi connectivity index (χ0v) is 15.9. The molecule has 1 N–H and O–H groups in total. The molecule has 27 heavy (non-hydrogen) atoms. The second-order valence-electron chi connectivity index (χ2n) is 7.10. The van der Waals surface area contributed by atoms with Crippen LogP contribution in [-0.4, -0.2) is 16.0 Å². The van der Waals surface area contributed by atoms with Gasteiger partial charge in [-0.15, -0.1) is 11.3 Å². The Morgan fingerprint density at radius 3 is 2.74 bits per heavy atom. The molecular weight excluding hydrogens is 365 g/mol. The summed E-state index contributed by atoms with van der Waals surface area (Å²) < 4.78 is 19.4. The largest absolute Gasteiger partial charge is 0.339 e. The third-order valence-corrected chi connectivity index (χ3v) is 5.71. The number of hydrogen-bond acceptors (Lipinski definition) is 5. The smallest absolute Gasteiger partial charge is 0.262 e. The summed E-state index contributed by atoms with van der Waals surface area (Å²) in [6, 6.07) is 9.65. The lowest BCUT2D eigenvalue weighted by molar-refractivity contribution is 0.0918. The molecule has 1 aromatic carbocycles. The molecule has 1 aliphatic carbocycles. The van der Waals surface area contributed by atoms with Crippen LogP contribution in [-0.2, 0) is 0 Å². The predicted molar refractivity (Wildman–Crippen MR) is 101 cm³/mol. The lowest BCUT2D eigenvalue weighted by atomic mass is 10.0. The van der Waals surface area contributed by atoms with Crippen LogP contribution in [0, 0.1) is 11.7 Å². The van der Waals surface area contributed by atoms with E-state index in [-0.39, 0.29) is 23.7 Å². The van der Waals surface area contributed by atoms with Gasteiger partial charge in [-0.2, -0.15) is 4.98 Å². The number of benzene rings is 1. The van der Waals surface area contributed by atoms with E-state index < -0.39 is 0 Å². The van der Waals surface area contributed by atoms with E-state index in [9.17, 15) is 9.18 Å². The molecule has 0 saturated heterocycles. The third-order valence-electron chi connectivity index (χ3n) is 4.59. The number of nitrogens with zero attached hydrogens (tertiary/aromatic N) is 2. The Morgan fingerprint density at radius 2 is 2.04 bits per heavy atom. The molecule has 5 nitrogen and oxygen atoms in total. The Balaban J connectivity index is 1.52. The Kier molecular flexibility index (Phi) is 4.78. The Labute approximate surface area is 160 Å². The Morgan fingerprint density at radius 1 is 1.26 bits per heavy atom. The van der Waals surface area contributed by atoms with Gasteiger partial charge in [0, 0.05) is 16.4 Å². The zero-order chi connectivity index (χ0) is 19.0. The summed E-state index contributed by atoms with van der Waals surface area (Å²) in [5, 5.41) is 7.02. The van der Waals surface area contributed by atoms with Gasteiger partial charge >= 0.3 is 0 Å². The summed E-state index contributed by atoms with van der Waals surface area (Å²) in [5.74, 6) is 1.12. The van der Waals surface area contributed by atoms with Crippen molar-refractivity contribution in [3.05, 3.63) is 58.8 Å². The standard InChI is InChI=1S/C20H20FN3O2S/c1-11(2)17(20-23-18(24-26-20)12-7-8-12)22-19(25)16-10-9-15(27-16)13-5-3-4-6-14(13)21/h3-6,9-12,17H,7-8H2,1-2H3,(H,22,25). The maximum atomic E-state index is 14.0. The van der Waals surface area contributed by atoms with Crippen LogP contribution in [0.4, 0.5) is 4.39 Å². The number of thiophene rings is 1. The van der Waals surface area contributed by atoms with Gasteiger partial charge in [-0.1, -0.05) is 37.2 Å². The molecule has 3 aromatic rings. The van der Waals surface area contributed by atoms with Crippen molar-refractivity contribution in [2.75, 3.05) is 0 Å². The van der Waals surface area contributed by atoms with E-state index in [1.807, 2.05) is 13.8 Å². The Bertz CT molecular complexity index is 962. The fraction of sp³-hybridized carbons (Fsp3) is 0.350. The van der Waals surface area contributed by atoms with Crippen LogP contribution >= 0.6 is 11.3 Å². The molecule has 2 heterocycles. The van der Waals surface area contributed by atoms with E-state index in [2.05, 4.69) is 15.5 Å². The lowest BCUT2D eigenvalue weighted by Crippen LogP contribution is -2.31. The van der Waals surface area contributed by atoms with Crippen molar-refractivity contribution in [2.45, 2.75) is 38.6 Å². The summed E-state index contributed by atoms with van der Waals surface area (Å²) in [6.45, 7) is 3.98. The van der Waals surface area contributed by atoms with Gasteiger partial charge < -0.3 is 9.84 Å². The van der Waals surface area contributed by atoms with Crippen LogP contribution < -0.4 is 5.32 Å². The van der Waals surface area contributed by atoms with E-state index in [4.69, 9.17) is 4.52 Å². The minimum Gasteiger partial charge on any atom is -0.339 e. The number of amides is 1. The van der Waals surface area contributed by atoms with E-state index in [0.29, 0.717) is 27.1 Å². The highest BCUT2D eigenvalue weighted by Crippen LogP contribution is 2.39. The van der Waals surface area contributed by atoms with E-state index >= 15 is 0 Å². The molecule has 7 heteroatoms. The molecule has 0 bridgehead atoms. The zero-order valence-electron chi connectivity index (χ0n) is 15.1. The van der Waals surface area contributed by atoms with Crippen molar-refractivity contribution in [1.82, 2.24) is 15.5 Å². The first-order valence-electron chi connectivity index (χ1n) is 9.02. The second kappa shape index (κ2) is 7.23. The van der Waals surface area contributed by atoms with Gasteiger partial charge in [-0.3, -0.25) is 4.79 Å². The summed E-state index contributed by atoms with van der Waals surface area (Å²) in [7, 11) is 0. The Hall–Kier alpha value is -2.54. The number of halogens is 1. The van der Waals surface area contributed by atoms with Crippen LogP contribution in [0.3, 0.4) is 0 Å². The summed E-state index contributed by atoms with van der Waals surface area (Å²) >= 11 is 1.26. The van der Waals surface area contributed by atoms with Crippen molar-refractivity contribution < 1.29 is 13.7 Å². The third kappa shape index (κ3) is 3.78. The molecule has 1 atom stereocenters. The molecule has 1 fully saturated rings. The number of rotatable bonds is 6. The van der Waals surface area contributed by atoms with Gasteiger partial charge in [0.25, 0.3) is 5.91 Å². The average Bonchev–Trinajstić information content (AvgIpc) is 3.18. The number of carbonyl (C=O) groups excluding carboxylic acids is 1. The van der Waals surface area contributed by atoms with Crippen molar-refractivity contribution in [1.29, 1.82) is 0 Å². The van der Waals surface area contributed by atoms with Gasteiger partial charge in [-0.25, -0.2) is 4.39 Å². The number of nitrogens with one attached hydrogen (secondary N) is 1. The predicted octanol–water partition coefficient (Wildman–Crippen LogP) is 4.94. The number of carbonyl (C=O) groups is 1. The van der Waals surface area contributed by atoms with Crippen molar-refractivity contribution in [3.63, 3.8) is 0 Å². The molecule has 1 saturated carbocycles. The minimum atomic E-state index is -0.364. The van der Waals surface area contributed by atoms with Gasteiger partial charge in [0.05, 0.1) is 4.88 Å². The lowest BCUT2D eigenvalue weighted by Gasteiger charge is -2.18. The van der Waals surface area contributed by atoms with Gasteiger partial charge in [0.2, 0.25) is 5.89 Å².